The Balaban J connectivity index is 2.91. The summed E-state index contributed by atoms with van der Waals surface area (Å²) >= 11 is 0. The summed E-state index contributed by atoms with van der Waals surface area (Å²) in [6.45, 7) is 20.2. The smallest absolute Gasteiger partial charge is 0.0221 e. The predicted octanol–water partition coefficient (Wildman–Crippen LogP) is 9.81. The molecule has 0 nitrogen and oxygen atoms in total. The fourth-order valence-corrected chi connectivity index (χ4v) is 6.30. The van der Waals surface area contributed by atoms with Crippen molar-refractivity contribution >= 4 is 0 Å². The number of hydrogen-bond donors (Lipinski definition) is 0. The summed E-state index contributed by atoms with van der Waals surface area (Å²) in [5, 5.41) is 0. The van der Waals surface area contributed by atoms with Crippen LogP contribution in [0.5, 0.6) is 0 Å². The molecule has 0 spiro atoms. The van der Waals surface area contributed by atoms with Crippen molar-refractivity contribution < 1.29 is 0 Å². The van der Waals surface area contributed by atoms with Crippen molar-refractivity contribution in [3.63, 3.8) is 0 Å². The molecule has 0 aromatic carbocycles. The zero-order chi connectivity index (χ0) is 20.6. The van der Waals surface area contributed by atoms with E-state index >= 15 is 0 Å². The maximum absolute atomic E-state index is 2.68. The average Bonchev–Trinajstić information content (AvgIpc) is 3.18. The van der Waals surface area contributed by atoms with E-state index in [2.05, 4.69) is 55.4 Å². The van der Waals surface area contributed by atoms with Gasteiger partial charge in [0.25, 0.3) is 0 Å². The normalized spacial score (nSPS) is 21.8. The summed E-state index contributed by atoms with van der Waals surface area (Å²) in [6.07, 6.45) is 19.9. The van der Waals surface area contributed by atoms with Gasteiger partial charge in [0.2, 0.25) is 0 Å². The molecule has 1 fully saturated rings. The van der Waals surface area contributed by atoms with Crippen LogP contribution in [-0.2, 0) is 0 Å². The molecule has 3 atom stereocenters. The fraction of sp³-hybridized carbons (Fsp3) is 1.00. The molecule has 1 saturated carbocycles. The maximum atomic E-state index is 2.68. The van der Waals surface area contributed by atoms with Gasteiger partial charge in [0.15, 0.2) is 0 Å². The fourth-order valence-electron chi connectivity index (χ4n) is 6.30. The van der Waals surface area contributed by atoms with Crippen LogP contribution in [0.2, 0.25) is 0 Å². The lowest BCUT2D eigenvalue weighted by Crippen LogP contribution is -2.48. The van der Waals surface area contributed by atoms with Gasteiger partial charge in [0.05, 0.1) is 0 Å². The standard InChI is InChI=1S/C27H54/c1-9-12-20-25(5,6)27(8,26(7,11-3)21-13-10-2)22-16-17-23(4)24-18-14-15-19-24/h23-24H,9-22H2,1-8H3. The summed E-state index contributed by atoms with van der Waals surface area (Å²) < 4.78 is 0. The summed E-state index contributed by atoms with van der Waals surface area (Å²) in [5.41, 5.74) is 1.34. The third-order valence-electron chi connectivity index (χ3n) is 9.38. The van der Waals surface area contributed by atoms with E-state index in [0.717, 1.165) is 11.8 Å². The minimum Gasteiger partial charge on any atom is -0.0654 e. The molecule has 27 heavy (non-hydrogen) atoms. The molecule has 0 saturated heterocycles. The van der Waals surface area contributed by atoms with Crippen LogP contribution in [-0.4, -0.2) is 0 Å². The topological polar surface area (TPSA) is 0 Å². The minimum absolute atomic E-state index is 0.429. The Bertz CT molecular complexity index is 389. The SMILES string of the molecule is CCCCC(C)(C)C(C)(CCCC(C)C1CCCC1)C(C)(CC)CCCC. The zero-order valence-electron chi connectivity index (χ0n) is 20.6. The third-order valence-corrected chi connectivity index (χ3v) is 9.38. The first kappa shape index (κ1) is 25.0. The Hall–Kier alpha value is 0. The van der Waals surface area contributed by atoms with Crippen LogP contribution in [0.15, 0.2) is 0 Å². The molecule has 0 heteroatoms. The Morgan fingerprint density at radius 3 is 1.85 bits per heavy atom. The number of rotatable bonds is 14. The quantitative estimate of drug-likeness (QED) is 0.282. The largest absolute Gasteiger partial charge is 0.0654 e. The molecule has 0 radical (unpaired) electrons. The lowest BCUT2D eigenvalue weighted by Gasteiger charge is -2.57. The summed E-state index contributed by atoms with van der Waals surface area (Å²) in [4.78, 5) is 0. The van der Waals surface area contributed by atoms with Crippen LogP contribution < -0.4 is 0 Å². The first-order valence-electron chi connectivity index (χ1n) is 12.7. The van der Waals surface area contributed by atoms with E-state index in [-0.39, 0.29) is 0 Å². The lowest BCUT2D eigenvalue weighted by atomic mass is 9.48. The summed E-state index contributed by atoms with van der Waals surface area (Å²) in [5.74, 6) is 1.97. The molecule has 0 bridgehead atoms. The highest BCUT2D eigenvalue weighted by atomic mass is 14.6. The Kier molecular flexibility index (Phi) is 10.4. The van der Waals surface area contributed by atoms with Crippen LogP contribution in [0, 0.1) is 28.1 Å². The van der Waals surface area contributed by atoms with Gasteiger partial charge in [-0.15, -0.1) is 0 Å². The molecule has 0 aliphatic heterocycles. The molecular formula is C27H54. The lowest BCUT2D eigenvalue weighted by molar-refractivity contribution is -0.0719. The van der Waals surface area contributed by atoms with Crippen LogP contribution in [0.25, 0.3) is 0 Å². The molecule has 0 N–H and O–H groups in total. The van der Waals surface area contributed by atoms with E-state index in [4.69, 9.17) is 0 Å². The van der Waals surface area contributed by atoms with Gasteiger partial charge in [-0.2, -0.15) is 0 Å². The highest BCUT2D eigenvalue weighted by Gasteiger charge is 2.51. The zero-order valence-corrected chi connectivity index (χ0v) is 20.6. The predicted molar refractivity (Wildman–Crippen MR) is 124 cm³/mol. The van der Waals surface area contributed by atoms with Crippen molar-refractivity contribution in [1.29, 1.82) is 0 Å². The third kappa shape index (κ3) is 6.24. The molecule has 162 valence electrons. The van der Waals surface area contributed by atoms with E-state index in [0.29, 0.717) is 16.2 Å². The summed E-state index contributed by atoms with van der Waals surface area (Å²) in [7, 11) is 0. The molecule has 1 rings (SSSR count). The van der Waals surface area contributed by atoms with Gasteiger partial charge in [-0.1, -0.05) is 126 Å². The molecule has 3 unspecified atom stereocenters. The second-order valence-corrected chi connectivity index (χ2v) is 11.3. The van der Waals surface area contributed by atoms with Crippen LogP contribution >= 0.6 is 0 Å². The van der Waals surface area contributed by atoms with Crippen molar-refractivity contribution in [3.05, 3.63) is 0 Å². The van der Waals surface area contributed by atoms with Gasteiger partial charge in [-0.25, -0.2) is 0 Å². The van der Waals surface area contributed by atoms with Crippen LogP contribution in [0.1, 0.15) is 145 Å². The Morgan fingerprint density at radius 1 is 0.778 bits per heavy atom. The highest BCUT2D eigenvalue weighted by molar-refractivity contribution is 5.00. The van der Waals surface area contributed by atoms with Crippen molar-refractivity contribution in [1.82, 2.24) is 0 Å². The van der Waals surface area contributed by atoms with Gasteiger partial charge < -0.3 is 0 Å². The molecule has 0 aromatic rings. The Morgan fingerprint density at radius 2 is 1.33 bits per heavy atom. The van der Waals surface area contributed by atoms with E-state index in [1.807, 2.05) is 0 Å². The molecule has 0 heterocycles. The Labute approximate surface area is 173 Å². The molecule has 1 aliphatic rings. The van der Waals surface area contributed by atoms with Gasteiger partial charge in [-0.3, -0.25) is 0 Å². The van der Waals surface area contributed by atoms with Crippen LogP contribution in [0.3, 0.4) is 0 Å². The van der Waals surface area contributed by atoms with Crippen LogP contribution in [0.4, 0.5) is 0 Å². The van der Waals surface area contributed by atoms with Gasteiger partial charge in [-0.05, 0) is 47.3 Å². The minimum atomic E-state index is 0.429. The van der Waals surface area contributed by atoms with Crippen molar-refractivity contribution in [2.75, 3.05) is 0 Å². The molecule has 1 aliphatic carbocycles. The maximum Gasteiger partial charge on any atom is -0.0221 e. The molecule has 0 amide bonds. The second kappa shape index (κ2) is 11.3. The van der Waals surface area contributed by atoms with Gasteiger partial charge in [0.1, 0.15) is 0 Å². The first-order valence-corrected chi connectivity index (χ1v) is 12.7. The monoisotopic (exact) mass is 378 g/mol. The van der Waals surface area contributed by atoms with E-state index in [9.17, 15) is 0 Å². The van der Waals surface area contributed by atoms with Crippen molar-refractivity contribution in [2.45, 2.75) is 145 Å². The van der Waals surface area contributed by atoms with Gasteiger partial charge >= 0.3 is 0 Å². The second-order valence-electron chi connectivity index (χ2n) is 11.3. The van der Waals surface area contributed by atoms with Crippen molar-refractivity contribution in [2.24, 2.45) is 28.1 Å². The van der Waals surface area contributed by atoms with Gasteiger partial charge in [0, 0.05) is 0 Å². The van der Waals surface area contributed by atoms with E-state index in [1.165, 1.54) is 89.9 Å². The number of unbranched alkanes of at least 4 members (excludes halogenated alkanes) is 2. The average molecular weight is 379 g/mol. The van der Waals surface area contributed by atoms with E-state index in [1.54, 1.807) is 0 Å². The van der Waals surface area contributed by atoms with E-state index < -0.39 is 0 Å². The highest BCUT2D eigenvalue weighted by Crippen LogP contribution is 2.60. The van der Waals surface area contributed by atoms with Crippen molar-refractivity contribution in [3.8, 4) is 0 Å². The first-order chi connectivity index (χ1) is 12.7. The molecular weight excluding hydrogens is 324 g/mol. The summed E-state index contributed by atoms with van der Waals surface area (Å²) in [6, 6.07) is 0. The molecule has 0 aromatic heterocycles. The number of hydrogen-bond acceptors (Lipinski definition) is 0.